The fourth-order valence-electron chi connectivity index (χ4n) is 1.27. The minimum Gasteiger partial charge on any atom is -0.494 e. The average molecular weight is 245 g/mol. The van der Waals surface area contributed by atoms with Crippen molar-refractivity contribution < 1.29 is 14.3 Å². The Bertz CT molecular complexity index is 309. The van der Waals surface area contributed by atoms with E-state index in [9.17, 15) is 4.79 Å². The molecule has 0 aliphatic rings. The zero-order valence-corrected chi connectivity index (χ0v) is 10.4. The van der Waals surface area contributed by atoms with Gasteiger partial charge in [0.2, 0.25) is 0 Å². The van der Waals surface area contributed by atoms with Crippen LogP contribution in [0.15, 0.2) is 24.3 Å². The molecule has 0 radical (unpaired) electrons. The number of rotatable bonds is 5. The highest BCUT2D eigenvalue weighted by molar-refractivity contribution is 5.85. The lowest BCUT2D eigenvalue weighted by Crippen LogP contribution is -2.01. The van der Waals surface area contributed by atoms with Gasteiger partial charge in [-0.3, -0.25) is 4.79 Å². The Kier molecular flexibility index (Phi) is 7.38. The van der Waals surface area contributed by atoms with Crippen LogP contribution in [0.3, 0.4) is 0 Å². The summed E-state index contributed by atoms with van der Waals surface area (Å²) in [6, 6.07) is 7.76. The van der Waals surface area contributed by atoms with E-state index in [0.29, 0.717) is 19.4 Å². The number of esters is 1. The van der Waals surface area contributed by atoms with Gasteiger partial charge in [0.15, 0.2) is 0 Å². The van der Waals surface area contributed by atoms with Crippen LogP contribution in [0.4, 0.5) is 0 Å². The van der Waals surface area contributed by atoms with E-state index in [4.69, 9.17) is 4.74 Å². The van der Waals surface area contributed by atoms with E-state index < -0.39 is 0 Å². The summed E-state index contributed by atoms with van der Waals surface area (Å²) < 4.78 is 9.89. The third-order valence-electron chi connectivity index (χ3n) is 2.08. The van der Waals surface area contributed by atoms with Crippen LogP contribution in [0.5, 0.6) is 5.75 Å². The third kappa shape index (κ3) is 5.03. The molecule has 1 aromatic carbocycles. The first-order valence-electron chi connectivity index (χ1n) is 5.04. The van der Waals surface area contributed by atoms with Crippen molar-refractivity contribution in [1.82, 2.24) is 0 Å². The number of methoxy groups -OCH3 is 1. The topological polar surface area (TPSA) is 35.5 Å². The van der Waals surface area contributed by atoms with Crippen molar-refractivity contribution in [1.29, 1.82) is 0 Å². The fraction of sp³-hybridized carbons (Fsp3) is 0.417. The van der Waals surface area contributed by atoms with Gasteiger partial charge in [0.05, 0.1) is 13.7 Å². The Morgan fingerprint density at radius 1 is 1.25 bits per heavy atom. The molecule has 0 bridgehead atoms. The van der Waals surface area contributed by atoms with Gasteiger partial charge in [0.25, 0.3) is 0 Å². The summed E-state index contributed by atoms with van der Waals surface area (Å²) in [5, 5.41) is 0. The standard InChI is InChI=1S/C12H16O3.ClH/c1-3-15-11-7-4-10(5-8-11)6-9-12(13)14-2;/h4-5,7-8H,3,6,9H2,1-2H3;1H. The van der Waals surface area contributed by atoms with E-state index in [1.54, 1.807) is 0 Å². The number of benzene rings is 1. The molecular formula is C12H17ClO3. The van der Waals surface area contributed by atoms with E-state index in [1.807, 2.05) is 31.2 Å². The lowest BCUT2D eigenvalue weighted by atomic mass is 10.1. The van der Waals surface area contributed by atoms with Crippen LogP contribution < -0.4 is 4.74 Å². The Balaban J connectivity index is 0.00000225. The van der Waals surface area contributed by atoms with Crippen LogP contribution in [-0.2, 0) is 16.0 Å². The van der Waals surface area contributed by atoms with Gasteiger partial charge in [-0.15, -0.1) is 12.4 Å². The fourth-order valence-corrected chi connectivity index (χ4v) is 1.27. The molecule has 0 saturated carbocycles. The summed E-state index contributed by atoms with van der Waals surface area (Å²) in [5.74, 6) is 0.684. The lowest BCUT2D eigenvalue weighted by molar-refractivity contribution is -0.140. The van der Waals surface area contributed by atoms with E-state index in [0.717, 1.165) is 11.3 Å². The van der Waals surface area contributed by atoms with Crippen molar-refractivity contribution in [3.8, 4) is 5.75 Å². The number of carbonyl (C=O) groups is 1. The lowest BCUT2D eigenvalue weighted by Gasteiger charge is -2.04. The molecule has 0 fully saturated rings. The van der Waals surface area contributed by atoms with Gasteiger partial charge < -0.3 is 9.47 Å². The van der Waals surface area contributed by atoms with Crippen LogP contribution in [0.25, 0.3) is 0 Å². The SMILES string of the molecule is CCOc1ccc(CCC(=O)OC)cc1.Cl. The van der Waals surface area contributed by atoms with Crippen molar-refractivity contribution >= 4 is 18.4 Å². The second-order valence-electron chi connectivity index (χ2n) is 3.15. The number of ether oxygens (including phenoxy) is 2. The van der Waals surface area contributed by atoms with Gasteiger partial charge in [0, 0.05) is 6.42 Å². The van der Waals surface area contributed by atoms with Crippen LogP contribution in [-0.4, -0.2) is 19.7 Å². The van der Waals surface area contributed by atoms with E-state index in [-0.39, 0.29) is 18.4 Å². The van der Waals surface area contributed by atoms with Crippen LogP contribution in [0.2, 0.25) is 0 Å². The first-order chi connectivity index (χ1) is 7.26. The molecule has 90 valence electrons. The second-order valence-corrected chi connectivity index (χ2v) is 3.15. The molecule has 0 amide bonds. The highest BCUT2D eigenvalue weighted by Crippen LogP contribution is 2.13. The molecule has 0 unspecified atom stereocenters. The first-order valence-corrected chi connectivity index (χ1v) is 5.04. The van der Waals surface area contributed by atoms with Crippen LogP contribution in [0, 0.1) is 0 Å². The van der Waals surface area contributed by atoms with Gasteiger partial charge in [-0.2, -0.15) is 0 Å². The van der Waals surface area contributed by atoms with Crippen molar-refractivity contribution in [2.45, 2.75) is 19.8 Å². The Hall–Kier alpha value is -1.22. The molecule has 0 aliphatic carbocycles. The maximum Gasteiger partial charge on any atom is 0.305 e. The zero-order valence-electron chi connectivity index (χ0n) is 9.56. The van der Waals surface area contributed by atoms with Crippen molar-refractivity contribution in [2.75, 3.05) is 13.7 Å². The van der Waals surface area contributed by atoms with Gasteiger partial charge in [-0.05, 0) is 31.0 Å². The van der Waals surface area contributed by atoms with E-state index >= 15 is 0 Å². The second kappa shape index (κ2) is 7.99. The normalized spacial score (nSPS) is 9.12. The zero-order chi connectivity index (χ0) is 11.1. The molecule has 1 aromatic rings. The van der Waals surface area contributed by atoms with Crippen molar-refractivity contribution in [3.63, 3.8) is 0 Å². The molecule has 0 N–H and O–H groups in total. The maximum atomic E-state index is 10.9. The quantitative estimate of drug-likeness (QED) is 0.747. The van der Waals surface area contributed by atoms with E-state index in [2.05, 4.69) is 4.74 Å². The summed E-state index contributed by atoms with van der Waals surface area (Å²) in [7, 11) is 1.40. The third-order valence-corrected chi connectivity index (χ3v) is 2.08. The van der Waals surface area contributed by atoms with Gasteiger partial charge in [-0.25, -0.2) is 0 Å². The smallest absolute Gasteiger partial charge is 0.305 e. The van der Waals surface area contributed by atoms with Gasteiger partial charge >= 0.3 is 5.97 Å². The minimum atomic E-state index is -0.177. The summed E-state index contributed by atoms with van der Waals surface area (Å²) in [4.78, 5) is 10.9. The largest absolute Gasteiger partial charge is 0.494 e. The summed E-state index contributed by atoms with van der Waals surface area (Å²) in [5.41, 5.74) is 1.11. The molecular weight excluding hydrogens is 228 g/mol. The minimum absolute atomic E-state index is 0. The number of hydrogen-bond acceptors (Lipinski definition) is 3. The Morgan fingerprint density at radius 3 is 2.38 bits per heavy atom. The number of carbonyl (C=O) groups excluding carboxylic acids is 1. The maximum absolute atomic E-state index is 10.9. The number of hydrogen-bond donors (Lipinski definition) is 0. The highest BCUT2D eigenvalue weighted by atomic mass is 35.5. The molecule has 0 spiro atoms. The predicted octanol–water partition coefficient (Wildman–Crippen LogP) is 2.61. The molecule has 0 aliphatic heterocycles. The predicted molar refractivity (Wildman–Crippen MR) is 65.2 cm³/mol. The van der Waals surface area contributed by atoms with Crippen LogP contribution in [0.1, 0.15) is 18.9 Å². The molecule has 0 saturated heterocycles. The van der Waals surface area contributed by atoms with Gasteiger partial charge in [-0.1, -0.05) is 12.1 Å². The molecule has 1 rings (SSSR count). The summed E-state index contributed by atoms with van der Waals surface area (Å²) in [6.45, 7) is 2.62. The number of halogens is 1. The Morgan fingerprint density at radius 2 is 1.88 bits per heavy atom. The number of aryl methyl sites for hydroxylation is 1. The van der Waals surface area contributed by atoms with E-state index in [1.165, 1.54) is 7.11 Å². The van der Waals surface area contributed by atoms with Crippen molar-refractivity contribution in [2.24, 2.45) is 0 Å². The summed E-state index contributed by atoms with van der Waals surface area (Å²) >= 11 is 0. The molecule has 4 heteroatoms. The average Bonchev–Trinajstić information content (AvgIpc) is 2.28. The van der Waals surface area contributed by atoms with Crippen molar-refractivity contribution in [3.05, 3.63) is 29.8 Å². The Labute approximate surface area is 102 Å². The van der Waals surface area contributed by atoms with Crippen LogP contribution >= 0.6 is 12.4 Å². The monoisotopic (exact) mass is 244 g/mol. The molecule has 0 aromatic heterocycles. The molecule has 3 nitrogen and oxygen atoms in total. The van der Waals surface area contributed by atoms with Gasteiger partial charge in [0.1, 0.15) is 5.75 Å². The molecule has 0 heterocycles. The molecule has 0 atom stereocenters. The highest BCUT2D eigenvalue weighted by Gasteiger charge is 2.01. The molecule has 16 heavy (non-hydrogen) atoms. The first kappa shape index (κ1) is 14.8. The summed E-state index contributed by atoms with van der Waals surface area (Å²) in [6.07, 6.45) is 1.13.